The van der Waals surface area contributed by atoms with Crippen LogP contribution in [0.2, 0.25) is 0 Å². The Morgan fingerprint density at radius 3 is 2.84 bits per heavy atom. The van der Waals surface area contributed by atoms with Gasteiger partial charge in [-0.15, -0.1) is 0 Å². The predicted molar refractivity (Wildman–Crippen MR) is 103 cm³/mol. The van der Waals surface area contributed by atoms with E-state index in [-0.39, 0.29) is 0 Å². The Morgan fingerprint density at radius 1 is 1.12 bits per heavy atom. The molecule has 3 heteroatoms. The Hall–Kier alpha value is -2.26. The molecule has 0 radical (unpaired) electrons. The molecule has 0 spiro atoms. The third-order valence-corrected chi connectivity index (χ3v) is 5.47. The minimum absolute atomic E-state index is 0.592. The van der Waals surface area contributed by atoms with Gasteiger partial charge in [0.15, 0.2) is 0 Å². The number of benzene rings is 2. The molecule has 2 aromatic carbocycles. The van der Waals surface area contributed by atoms with Gasteiger partial charge in [0.1, 0.15) is 5.75 Å². The van der Waals surface area contributed by atoms with Crippen molar-refractivity contribution in [3.05, 3.63) is 65.9 Å². The van der Waals surface area contributed by atoms with Gasteiger partial charge in [0.05, 0.1) is 7.11 Å². The molecule has 1 aromatic heterocycles. The van der Waals surface area contributed by atoms with Crippen molar-refractivity contribution in [2.24, 2.45) is 0 Å². The largest absolute Gasteiger partial charge is 0.497 e. The molecule has 1 aliphatic rings. The number of aromatic nitrogens is 1. The van der Waals surface area contributed by atoms with Crippen molar-refractivity contribution in [3.63, 3.8) is 0 Å². The molecule has 1 heterocycles. The normalized spacial score (nSPS) is 20.7. The van der Waals surface area contributed by atoms with Gasteiger partial charge in [-0.3, -0.25) is 0 Å². The summed E-state index contributed by atoms with van der Waals surface area (Å²) in [7, 11) is 1.73. The maximum atomic E-state index is 5.42. The number of rotatable bonds is 5. The number of aromatic amines is 1. The lowest BCUT2D eigenvalue weighted by Crippen LogP contribution is -2.33. The van der Waals surface area contributed by atoms with E-state index in [1.165, 1.54) is 47.7 Å². The molecule has 1 saturated carbocycles. The molecule has 2 N–H and O–H groups in total. The number of hydrogen-bond donors (Lipinski definition) is 2. The second-order valence-corrected chi connectivity index (χ2v) is 7.08. The monoisotopic (exact) mass is 334 g/mol. The smallest absolute Gasteiger partial charge is 0.119 e. The lowest BCUT2D eigenvalue weighted by atomic mass is 9.81. The average molecular weight is 334 g/mol. The summed E-state index contributed by atoms with van der Waals surface area (Å²) in [6.45, 7) is 0.958. The minimum Gasteiger partial charge on any atom is -0.497 e. The Morgan fingerprint density at radius 2 is 2.00 bits per heavy atom. The van der Waals surface area contributed by atoms with E-state index in [4.69, 9.17) is 4.74 Å². The van der Waals surface area contributed by atoms with Crippen LogP contribution in [0.25, 0.3) is 10.9 Å². The lowest BCUT2D eigenvalue weighted by Gasteiger charge is -2.30. The summed E-state index contributed by atoms with van der Waals surface area (Å²) < 4.78 is 5.42. The van der Waals surface area contributed by atoms with Crippen LogP contribution in [-0.2, 0) is 6.54 Å². The van der Waals surface area contributed by atoms with E-state index < -0.39 is 0 Å². The van der Waals surface area contributed by atoms with Gasteiger partial charge >= 0.3 is 0 Å². The summed E-state index contributed by atoms with van der Waals surface area (Å²) in [5.74, 6) is 1.55. The van der Waals surface area contributed by atoms with E-state index in [1.807, 2.05) is 6.07 Å². The number of H-pyrrole nitrogens is 1. The number of methoxy groups -OCH3 is 1. The van der Waals surface area contributed by atoms with Gasteiger partial charge in [-0.05, 0) is 54.5 Å². The second kappa shape index (κ2) is 7.32. The molecular formula is C22H26N2O. The Bertz CT molecular complexity index is 824. The topological polar surface area (TPSA) is 37.0 Å². The maximum absolute atomic E-state index is 5.42. The van der Waals surface area contributed by atoms with Gasteiger partial charge in [0.2, 0.25) is 0 Å². The molecule has 2 atom stereocenters. The zero-order valence-corrected chi connectivity index (χ0v) is 14.8. The van der Waals surface area contributed by atoms with E-state index in [9.17, 15) is 0 Å². The van der Waals surface area contributed by atoms with Crippen molar-refractivity contribution in [2.75, 3.05) is 7.11 Å². The van der Waals surface area contributed by atoms with Gasteiger partial charge < -0.3 is 15.0 Å². The molecule has 25 heavy (non-hydrogen) atoms. The second-order valence-electron chi connectivity index (χ2n) is 7.08. The first-order valence-electron chi connectivity index (χ1n) is 9.26. The Balaban J connectivity index is 1.47. The van der Waals surface area contributed by atoms with Crippen molar-refractivity contribution in [2.45, 2.75) is 44.2 Å². The average Bonchev–Trinajstić information content (AvgIpc) is 3.10. The van der Waals surface area contributed by atoms with Gasteiger partial charge in [-0.1, -0.05) is 36.8 Å². The van der Waals surface area contributed by atoms with E-state index in [0.717, 1.165) is 12.3 Å². The van der Waals surface area contributed by atoms with Crippen LogP contribution < -0.4 is 10.1 Å². The quantitative estimate of drug-likeness (QED) is 0.689. The standard InChI is InChI=1S/C22H26N2O/c1-25-19-10-11-22-20(13-19)21(15-24-22)17-8-5-9-18(12-17)23-14-16-6-3-2-4-7-16/h2-4,6-7,10-11,13,15,17-18,23-24H,5,8-9,12,14H2,1H3/t17-,18-/m0/s1. The number of ether oxygens (including phenoxy) is 1. The van der Waals surface area contributed by atoms with E-state index >= 15 is 0 Å². The molecule has 0 bridgehead atoms. The molecule has 0 saturated heterocycles. The maximum Gasteiger partial charge on any atom is 0.119 e. The van der Waals surface area contributed by atoms with E-state index in [1.54, 1.807) is 7.11 Å². The Kier molecular flexibility index (Phi) is 4.75. The SMILES string of the molecule is COc1ccc2[nH]cc([C@H]3CCC[C@H](NCc4ccccc4)C3)c2c1. The van der Waals surface area contributed by atoms with Crippen molar-refractivity contribution >= 4 is 10.9 Å². The van der Waals surface area contributed by atoms with E-state index in [0.29, 0.717) is 12.0 Å². The summed E-state index contributed by atoms with van der Waals surface area (Å²) in [5, 5.41) is 5.08. The van der Waals surface area contributed by atoms with Crippen LogP contribution in [0.3, 0.4) is 0 Å². The fourth-order valence-corrected chi connectivity index (χ4v) is 4.10. The molecule has 3 aromatic rings. The van der Waals surface area contributed by atoms with Crippen molar-refractivity contribution in [1.82, 2.24) is 10.3 Å². The molecule has 130 valence electrons. The summed E-state index contributed by atoms with van der Waals surface area (Å²) in [5.41, 5.74) is 4.01. The molecule has 0 amide bonds. The van der Waals surface area contributed by atoms with Crippen LogP contribution in [0.4, 0.5) is 0 Å². The molecule has 0 aliphatic heterocycles. The lowest BCUT2D eigenvalue weighted by molar-refractivity contribution is 0.339. The first-order chi connectivity index (χ1) is 12.3. The first-order valence-corrected chi connectivity index (χ1v) is 9.26. The highest BCUT2D eigenvalue weighted by atomic mass is 16.5. The highest BCUT2D eigenvalue weighted by Gasteiger charge is 2.25. The van der Waals surface area contributed by atoms with Gasteiger partial charge in [-0.25, -0.2) is 0 Å². The highest BCUT2D eigenvalue weighted by molar-refractivity contribution is 5.85. The number of nitrogens with one attached hydrogen (secondary N) is 2. The predicted octanol–water partition coefficient (Wildman–Crippen LogP) is 4.99. The summed E-state index contributed by atoms with van der Waals surface area (Å²) >= 11 is 0. The minimum atomic E-state index is 0.592. The molecule has 4 rings (SSSR count). The van der Waals surface area contributed by atoms with Gasteiger partial charge in [0, 0.05) is 29.7 Å². The van der Waals surface area contributed by atoms with Crippen LogP contribution >= 0.6 is 0 Å². The van der Waals surface area contributed by atoms with Crippen LogP contribution in [-0.4, -0.2) is 18.1 Å². The fourth-order valence-electron chi connectivity index (χ4n) is 4.10. The molecular weight excluding hydrogens is 308 g/mol. The van der Waals surface area contributed by atoms with Gasteiger partial charge in [-0.2, -0.15) is 0 Å². The van der Waals surface area contributed by atoms with Crippen LogP contribution in [0.15, 0.2) is 54.7 Å². The first kappa shape index (κ1) is 16.2. The molecule has 0 unspecified atom stereocenters. The molecule has 1 aliphatic carbocycles. The van der Waals surface area contributed by atoms with Crippen LogP contribution in [0.5, 0.6) is 5.75 Å². The Labute approximate surface area is 149 Å². The summed E-state index contributed by atoms with van der Waals surface area (Å²) in [6, 6.07) is 17.6. The third-order valence-electron chi connectivity index (χ3n) is 5.47. The summed E-state index contributed by atoms with van der Waals surface area (Å²) in [4.78, 5) is 3.43. The summed E-state index contributed by atoms with van der Waals surface area (Å²) in [6.07, 6.45) is 7.24. The number of fused-ring (bicyclic) bond motifs is 1. The van der Waals surface area contributed by atoms with Crippen LogP contribution in [0, 0.1) is 0 Å². The zero-order chi connectivity index (χ0) is 17.1. The number of hydrogen-bond acceptors (Lipinski definition) is 2. The highest BCUT2D eigenvalue weighted by Crippen LogP contribution is 2.37. The molecule has 3 nitrogen and oxygen atoms in total. The zero-order valence-electron chi connectivity index (χ0n) is 14.8. The van der Waals surface area contributed by atoms with E-state index in [2.05, 4.69) is 59.0 Å². The van der Waals surface area contributed by atoms with Crippen molar-refractivity contribution in [1.29, 1.82) is 0 Å². The van der Waals surface area contributed by atoms with Crippen molar-refractivity contribution in [3.8, 4) is 5.75 Å². The van der Waals surface area contributed by atoms with Crippen LogP contribution in [0.1, 0.15) is 42.7 Å². The molecule has 1 fully saturated rings. The fraction of sp³-hybridized carbons (Fsp3) is 0.364. The van der Waals surface area contributed by atoms with Crippen molar-refractivity contribution < 1.29 is 4.74 Å². The third kappa shape index (κ3) is 3.57. The van der Waals surface area contributed by atoms with Gasteiger partial charge in [0.25, 0.3) is 0 Å².